The van der Waals surface area contributed by atoms with Crippen LogP contribution in [0.1, 0.15) is 24.5 Å². The molecule has 1 atom stereocenters. The molecule has 0 spiro atoms. The van der Waals surface area contributed by atoms with Gasteiger partial charge in [-0.3, -0.25) is 4.90 Å². The first-order chi connectivity index (χ1) is 12.1. The lowest BCUT2D eigenvalue weighted by atomic mass is 10.1. The van der Waals surface area contributed by atoms with Crippen LogP contribution in [0, 0.1) is 5.82 Å². The monoisotopic (exact) mass is 368 g/mol. The zero-order chi connectivity index (χ0) is 17.8. The minimum atomic E-state index is -0.467. The molecule has 0 aliphatic carbocycles. The standard InChI is InChI=1S/C17H22ClFN4O2/c1-25-8-6-16-20-17(11-22-7-2-3-13(24)10-22)23(21-16)12-4-5-15(19)14(18)9-12/h4-5,9,13,24H,2-3,6-8,10-11H2,1H3. The fourth-order valence-corrected chi connectivity index (χ4v) is 3.17. The van der Waals surface area contributed by atoms with Gasteiger partial charge in [-0.25, -0.2) is 14.1 Å². The van der Waals surface area contributed by atoms with Crippen LogP contribution in [0.15, 0.2) is 18.2 Å². The second-order valence-electron chi connectivity index (χ2n) is 6.23. The highest BCUT2D eigenvalue weighted by molar-refractivity contribution is 6.30. The summed E-state index contributed by atoms with van der Waals surface area (Å²) in [4.78, 5) is 6.76. The molecule has 2 aromatic rings. The van der Waals surface area contributed by atoms with E-state index in [1.165, 1.54) is 6.07 Å². The van der Waals surface area contributed by atoms with Gasteiger partial charge in [-0.15, -0.1) is 0 Å². The van der Waals surface area contributed by atoms with E-state index >= 15 is 0 Å². The van der Waals surface area contributed by atoms with Crippen molar-refractivity contribution in [3.63, 3.8) is 0 Å². The number of aliphatic hydroxyl groups is 1. The lowest BCUT2D eigenvalue weighted by Gasteiger charge is -2.29. The Bertz CT molecular complexity index is 725. The fraction of sp³-hybridized carbons (Fsp3) is 0.529. The van der Waals surface area contributed by atoms with Crippen LogP contribution in [0.25, 0.3) is 5.69 Å². The van der Waals surface area contributed by atoms with Gasteiger partial charge in [0.25, 0.3) is 0 Å². The maximum absolute atomic E-state index is 13.5. The van der Waals surface area contributed by atoms with Gasteiger partial charge in [-0.05, 0) is 37.6 Å². The van der Waals surface area contributed by atoms with Crippen LogP contribution in [-0.4, -0.2) is 57.7 Å². The maximum Gasteiger partial charge on any atom is 0.153 e. The summed E-state index contributed by atoms with van der Waals surface area (Å²) in [6.07, 6.45) is 2.07. The van der Waals surface area contributed by atoms with E-state index in [-0.39, 0.29) is 11.1 Å². The van der Waals surface area contributed by atoms with E-state index in [0.29, 0.717) is 37.6 Å². The normalized spacial score (nSPS) is 18.6. The fourth-order valence-electron chi connectivity index (χ4n) is 2.99. The third-order valence-electron chi connectivity index (χ3n) is 4.24. The Morgan fingerprint density at radius 2 is 2.28 bits per heavy atom. The molecular formula is C17H22ClFN4O2. The second-order valence-corrected chi connectivity index (χ2v) is 6.64. The van der Waals surface area contributed by atoms with Crippen molar-refractivity contribution in [2.24, 2.45) is 0 Å². The number of nitrogens with zero attached hydrogens (tertiary/aromatic N) is 4. The molecule has 1 aromatic carbocycles. The van der Waals surface area contributed by atoms with E-state index in [0.717, 1.165) is 25.2 Å². The van der Waals surface area contributed by atoms with Gasteiger partial charge >= 0.3 is 0 Å². The number of aliphatic hydroxyl groups excluding tert-OH is 1. The van der Waals surface area contributed by atoms with Gasteiger partial charge in [0, 0.05) is 20.1 Å². The Hall–Kier alpha value is -1.54. The van der Waals surface area contributed by atoms with Crippen LogP contribution in [0.2, 0.25) is 5.02 Å². The molecule has 6 nitrogen and oxygen atoms in total. The van der Waals surface area contributed by atoms with Crippen molar-refractivity contribution in [2.75, 3.05) is 26.8 Å². The minimum Gasteiger partial charge on any atom is -0.392 e. The van der Waals surface area contributed by atoms with Crippen LogP contribution in [0.3, 0.4) is 0 Å². The van der Waals surface area contributed by atoms with Gasteiger partial charge in [-0.2, -0.15) is 5.10 Å². The molecule has 1 aromatic heterocycles. The molecule has 0 saturated carbocycles. The molecule has 25 heavy (non-hydrogen) atoms. The zero-order valence-electron chi connectivity index (χ0n) is 14.2. The highest BCUT2D eigenvalue weighted by Gasteiger charge is 2.21. The number of aromatic nitrogens is 3. The number of halogens is 2. The summed E-state index contributed by atoms with van der Waals surface area (Å²) >= 11 is 5.92. The number of benzene rings is 1. The molecule has 1 N–H and O–H groups in total. The van der Waals surface area contributed by atoms with Crippen molar-refractivity contribution in [1.29, 1.82) is 0 Å². The minimum absolute atomic E-state index is 0.0470. The summed E-state index contributed by atoms with van der Waals surface area (Å²) in [5.74, 6) is 0.934. The number of likely N-dealkylation sites (tertiary alicyclic amines) is 1. The number of rotatable bonds is 6. The molecule has 136 valence electrons. The first-order valence-corrected chi connectivity index (χ1v) is 8.74. The molecule has 1 aliphatic rings. The lowest BCUT2D eigenvalue weighted by molar-refractivity contribution is 0.0651. The van der Waals surface area contributed by atoms with E-state index in [4.69, 9.17) is 16.3 Å². The third kappa shape index (κ3) is 4.55. The Labute approximate surface area is 151 Å². The van der Waals surface area contributed by atoms with Gasteiger partial charge in [0.2, 0.25) is 0 Å². The van der Waals surface area contributed by atoms with Gasteiger partial charge in [0.15, 0.2) is 5.82 Å². The summed E-state index contributed by atoms with van der Waals surface area (Å²) in [5.41, 5.74) is 0.662. The van der Waals surface area contributed by atoms with Gasteiger partial charge in [0.1, 0.15) is 11.6 Å². The topological polar surface area (TPSA) is 63.4 Å². The number of piperidine rings is 1. The van der Waals surface area contributed by atoms with Gasteiger partial charge < -0.3 is 9.84 Å². The third-order valence-corrected chi connectivity index (χ3v) is 4.53. The number of methoxy groups -OCH3 is 1. The average molecular weight is 369 g/mol. The van der Waals surface area contributed by atoms with Crippen LogP contribution >= 0.6 is 11.6 Å². The zero-order valence-corrected chi connectivity index (χ0v) is 14.9. The molecular weight excluding hydrogens is 347 g/mol. The van der Waals surface area contributed by atoms with Gasteiger partial charge in [0.05, 0.1) is 30.0 Å². The average Bonchev–Trinajstić information content (AvgIpc) is 2.98. The van der Waals surface area contributed by atoms with E-state index in [1.54, 1.807) is 23.9 Å². The molecule has 1 unspecified atom stereocenters. The molecule has 0 amide bonds. The van der Waals surface area contributed by atoms with Crippen molar-refractivity contribution in [2.45, 2.75) is 31.9 Å². The van der Waals surface area contributed by atoms with Crippen molar-refractivity contribution in [1.82, 2.24) is 19.7 Å². The second kappa shape index (κ2) is 8.23. The summed E-state index contributed by atoms with van der Waals surface area (Å²) in [6.45, 7) is 2.61. The molecule has 0 radical (unpaired) electrons. The molecule has 2 heterocycles. The highest BCUT2D eigenvalue weighted by Crippen LogP contribution is 2.21. The lowest BCUT2D eigenvalue weighted by Crippen LogP contribution is -2.38. The number of hydrogen-bond acceptors (Lipinski definition) is 5. The smallest absolute Gasteiger partial charge is 0.153 e. The van der Waals surface area contributed by atoms with Crippen LogP contribution < -0.4 is 0 Å². The number of β-amino-alcohol motifs (C(OH)–C–C–N with tert-alkyl or cyclic N) is 1. The summed E-state index contributed by atoms with van der Waals surface area (Å²) in [5, 5.41) is 14.4. The molecule has 3 rings (SSSR count). The highest BCUT2D eigenvalue weighted by atomic mass is 35.5. The van der Waals surface area contributed by atoms with Crippen molar-refractivity contribution >= 4 is 11.6 Å². The molecule has 0 bridgehead atoms. The van der Waals surface area contributed by atoms with Crippen molar-refractivity contribution < 1.29 is 14.2 Å². The molecule has 1 saturated heterocycles. The van der Waals surface area contributed by atoms with E-state index in [1.807, 2.05) is 0 Å². The van der Waals surface area contributed by atoms with Crippen LogP contribution in [0.4, 0.5) is 4.39 Å². The van der Waals surface area contributed by atoms with E-state index in [9.17, 15) is 9.50 Å². The summed E-state index contributed by atoms with van der Waals surface area (Å²) in [7, 11) is 1.63. The number of ether oxygens (including phenoxy) is 1. The Morgan fingerprint density at radius 3 is 3.00 bits per heavy atom. The Balaban J connectivity index is 1.88. The first kappa shape index (κ1) is 18.3. The van der Waals surface area contributed by atoms with E-state index < -0.39 is 5.82 Å². The summed E-state index contributed by atoms with van der Waals surface area (Å²) in [6, 6.07) is 4.49. The molecule has 1 aliphatic heterocycles. The quantitative estimate of drug-likeness (QED) is 0.847. The Morgan fingerprint density at radius 1 is 1.44 bits per heavy atom. The van der Waals surface area contributed by atoms with E-state index in [2.05, 4.69) is 15.0 Å². The predicted molar refractivity (Wildman–Crippen MR) is 92.4 cm³/mol. The first-order valence-electron chi connectivity index (χ1n) is 8.36. The van der Waals surface area contributed by atoms with Crippen LogP contribution in [0.5, 0.6) is 0 Å². The number of hydrogen-bond donors (Lipinski definition) is 1. The maximum atomic E-state index is 13.5. The summed E-state index contributed by atoms with van der Waals surface area (Å²) < 4.78 is 20.3. The SMILES string of the molecule is COCCc1nc(CN2CCCC(O)C2)n(-c2ccc(F)c(Cl)c2)n1. The molecule has 8 heteroatoms. The predicted octanol–water partition coefficient (Wildman–Crippen LogP) is 2.21. The molecule has 1 fully saturated rings. The van der Waals surface area contributed by atoms with Crippen molar-refractivity contribution in [3.8, 4) is 5.69 Å². The Kier molecular flexibility index (Phi) is 6.01. The van der Waals surface area contributed by atoms with Gasteiger partial charge in [-0.1, -0.05) is 11.6 Å². The van der Waals surface area contributed by atoms with Crippen molar-refractivity contribution in [3.05, 3.63) is 40.7 Å². The largest absolute Gasteiger partial charge is 0.392 e. The van der Waals surface area contributed by atoms with Crippen LogP contribution in [-0.2, 0) is 17.7 Å².